The Hall–Kier alpha value is -0.610. The number of hydrogen-bond donors (Lipinski definition) is 2. The average molecular weight is 176 g/mol. The fraction of sp³-hybridized carbons (Fsp3) is 0.875. The second-order valence-corrected chi connectivity index (χ2v) is 2.66. The van der Waals surface area contributed by atoms with Crippen molar-refractivity contribution in [2.75, 3.05) is 6.61 Å². The zero-order valence-corrected chi connectivity index (χ0v) is 7.54. The highest BCUT2D eigenvalue weighted by atomic mass is 16.6. The third-order valence-corrected chi connectivity index (χ3v) is 1.55. The number of aliphatic hydroxyl groups is 2. The summed E-state index contributed by atoms with van der Waals surface area (Å²) in [6.07, 6.45) is 1.59. The monoisotopic (exact) mass is 176 g/mol. The van der Waals surface area contributed by atoms with Gasteiger partial charge in [0.05, 0.1) is 6.61 Å². The van der Waals surface area contributed by atoms with Gasteiger partial charge in [-0.15, -0.1) is 0 Å². The molecule has 0 bridgehead atoms. The number of hydrogen-bond acceptors (Lipinski definition) is 4. The molecular weight excluding hydrogens is 160 g/mol. The topological polar surface area (TPSA) is 66.8 Å². The molecule has 4 heteroatoms. The minimum absolute atomic E-state index is 0.0576. The Bertz CT molecular complexity index is 142. The molecule has 0 aliphatic carbocycles. The van der Waals surface area contributed by atoms with Crippen LogP contribution in [0.3, 0.4) is 0 Å². The van der Waals surface area contributed by atoms with Crippen LogP contribution in [0.5, 0.6) is 0 Å². The van der Waals surface area contributed by atoms with Crippen LogP contribution in [0.15, 0.2) is 0 Å². The largest absolute Gasteiger partial charge is 0.462 e. The van der Waals surface area contributed by atoms with Gasteiger partial charge in [0.2, 0.25) is 0 Å². The normalized spacial score (nSPS) is 11.3. The van der Waals surface area contributed by atoms with Gasteiger partial charge in [-0.05, 0) is 6.42 Å². The summed E-state index contributed by atoms with van der Waals surface area (Å²) in [5.74, 6) is -3.27. The smallest absolute Gasteiger partial charge is 0.366 e. The molecule has 0 heterocycles. The number of ether oxygens (including phenoxy) is 1. The van der Waals surface area contributed by atoms with E-state index in [2.05, 4.69) is 4.74 Å². The quantitative estimate of drug-likeness (QED) is 0.362. The number of unbranched alkanes of at least 4 members (excludes halogenated alkanes) is 1. The van der Waals surface area contributed by atoms with E-state index in [1.165, 1.54) is 6.92 Å². The first-order valence-electron chi connectivity index (χ1n) is 4.16. The van der Waals surface area contributed by atoms with Gasteiger partial charge in [-0.2, -0.15) is 0 Å². The highest BCUT2D eigenvalue weighted by molar-refractivity contribution is 5.76. The van der Waals surface area contributed by atoms with Gasteiger partial charge in [0.1, 0.15) is 0 Å². The van der Waals surface area contributed by atoms with Crippen molar-refractivity contribution in [3.8, 4) is 0 Å². The van der Waals surface area contributed by atoms with E-state index in [-0.39, 0.29) is 13.0 Å². The molecule has 2 N–H and O–H groups in total. The Morgan fingerprint density at radius 3 is 2.42 bits per heavy atom. The van der Waals surface area contributed by atoms with Gasteiger partial charge in [-0.3, -0.25) is 0 Å². The van der Waals surface area contributed by atoms with Gasteiger partial charge in [0.25, 0.3) is 5.79 Å². The van der Waals surface area contributed by atoms with Crippen LogP contribution < -0.4 is 0 Å². The van der Waals surface area contributed by atoms with Gasteiger partial charge >= 0.3 is 5.97 Å². The van der Waals surface area contributed by atoms with Crippen molar-refractivity contribution < 1.29 is 19.7 Å². The van der Waals surface area contributed by atoms with Crippen LogP contribution in [0.1, 0.15) is 33.1 Å². The molecule has 0 radical (unpaired) electrons. The van der Waals surface area contributed by atoms with E-state index in [4.69, 9.17) is 10.2 Å². The van der Waals surface area contributed by atoms with E-state index in [0.29, 0.717) is 0 Å². The van der Waals surface area contributed by atoms with Crippen molar-refractivity contribution >= 4 is 5.97 Å². The molecule has 0 aromatic heterocycles. The highest BCUT2D eigenvalue weighted by Gasteiger charge is 2.32. The Kier molecular flexibility index (Phi) is 4.85. The zero-order chi connectivity index (χ0) is 9.61. The maximum atomic E-state index is 10.8. The van der Waals surface area contributed by atoms with Gasteiger partial charge in [-0.25, -0.2) is 4.79 Å². The summed E-state index contributed by atoms with van der Waals surface area (Å²) < 4.78 is 4.60. The van der Waals surface area contributed by atoms with Crippen LogP contribution in [-0.2, 0) is 9.53 Å². The van der Waals surface area contributed by atoms with Gasteiger partial charge < -0.3 is 14.9 Å². The third-order valence-electron chi connectivity index (χ3n) is 1.55. The minimum atomic E-state index is -2.31. The second-order valence-electron chi connectivity index (χ2n) is 2.66. The molecule has 72 valence electrons. The lowest BCUT2D eigenvalue weighted by Crippen LogP contribution is -2.39. The molecule has 0 fully saturated rings. The summed E-state index contributed by atoms with van der Waals surface area (Å²) >= 11 is 0. The molecule has 0 aliphatic heterocycles. The summed E-state index contributed by atoms with van der Waals surface area (Å²) in [6, 6.07) is 0. The first-order chi connectivity index (χ1) is 5.54. The van der Waals surface area contributed by atoms with Crippen molar-refractivity contribution in [3.05, 3.63) is 0 Å². The van der Waals surface area contributed by atoms with Crippen molar-refractivity contribution in [3.63, 3.8) is 0 Å². The van der Waals surface area contributed by atoms with Crippen molar-refractivity contribution in [2.45, 2.75) is 38.9 Å². The minimum Gasteiger partial charge on any atom is -0.462 e. The van der Waals surface area contributed by atoms with E-state index >= 15 is 0 Å². The first-order valence-corrected chi connectivity index (χ1v) is 4.16. The Morgan fingerprint density at radius 1 is 1.42 bits per heavy atom. The standard InChI is InChI=1S/C8H16O4/c1-3-5-6-12-7(9)8(10,11)4-2/h10-11H,3-6H2,1-2H3. The Balaban J connectivity index is 3.72. The summed E-state index contributed by atoms with van der Waals surface area (Å²) in [7, 11) is 0. The summed E-state index contributed by atoms with van der Waals surface area (Å²) in [5, 5.41) is 17.9. The first kappa shape index (κ1) is 11.4. The molecule has 0 aromatic carbocycles. The van der Waals surface area contributed by atoms with Gasteiger partial charge in [0.15, 0.2) is 0 Å². The van der Waals surface area contributed by atoms with Crippen LogP contribution in [0.2, 0.25) is 0 Å². The highest BCUT2D eigenvalue weighted by Crippen LogP contribution is 2.07. The van der Waals surface area contributed by atoms with Gasteiger partial charge in [0, 0.05) is 6.42 Å². The van der Waals surface area contributed by atoms with Crippen LogP contribution in [-0.4, -0.2) is 28.6 Å². The molecule has 0 atom stereocenters. The molecule has 0 aliphatic rings. The second kappa shape index (κ2) is 5.11. The van der Waals surface area contributed by atoms with E-state index < -0.39 is 11.8 Å². The van der Waals surface area contributed by atoms with Crippen LogP contribution >= 0.6 is 0 Å². The summed E-state index contributed by atoms with van der Waals surface area (Å²) in [5.41, 5.74) is 0. The predicted octanol–water partition coefficient (Wildman–Crippen LogP) is 0.421. The average Bonchev–Trinajstić information content (AvgIpc) is 2.05. The van der Waals surface area contributed by atoms with Crippen molar-refractivity contribution in [1.82, 2.24) is 0 Å². The Labute approximate surface area is 72.2 Å². The molecule has 0 unspecified atom stereocenters. The molecule has 12 heavy (non-hydrogen) atoms. The molecular formula is C8H16O4. The molecule has 0 spiro atoms. The van der Waals surface area contributed by atoms with Crippen LogP contribution in [0, 0.1) is 0 Å². The molecule has 0 amide bonds. The fourth-order valence-electron chi connectivity index (χ4n) is 0.569. The predicted molar refractivity (Wildman–Crippen MR) is 43.3 cm³/mol. The molecule has 0 rings (SSSR count). The van der Waals surface area contributed by atoms with Crippen molar-refractivity contribution in [2.24, 2.45) is 0 Å². The molecule has 0 aromatic rings. The SMILES string of the molecule is CCCCOC(=O)C(O)(O)CC. The number of carbonyl (C=O) groups is 1. The maximum absolute atomic E-state index is 10.8. The van der Waals surface area contributed by atoms with E-state index in [1.807, 2.05) is 6.92 Å². The molecule has 0 saturated heterocycles. The van der Waals surface area contributed by atoms with Gasteiger partial charge in [-0.1, -0.05) is 20.3 Å². The van der Waals surface area contributed by atoms with E-state index in [0.717, 1.165) is 12.8 Å². The van der Waals surface area contributed by atoms with E-state index in [9.17, 15) is 4.79 Å². The van der Waals surface area contributed by atoms with Crippen LogP contribution in [0.25, 0.3) is 0 Å². The molecule has 0 saturated carbocycles. The lowest BCUT2D eigenvalue weighted by molar-refractivity contribution is -0.210. The number of esters is 1. The van der Waals surface area contributed by atoms with E-state index in [1.54, 1.807) is 0 Å². The Morgan fingerprint density at radius 2 is 2.00 bits per heavy atom. The number of carbonyl (C=O) groups excluding carboxylic acids is 1. The summed E-state index contributed by atoms with van der Waals surface area (Å²) in [6.45, 7) is 3.71. The van der Waals surface area contributed by atoms with Crippen molar-refractivity contribution in [1.29, 1.82) is 0 Å². The lowest BCUT2D eigenvalue weighted by Gasteiger charge is -2.17. The summed E-state index contributed by atoms with van der Waals surface area (Å²) in [4.78, 5) is 10.8. The maximum Gasteiger partial charge on any atom is 0.366 e. The van der Waals surface area contributed by atoms with Crippen LogP contribution in [0.4, 0.5) is 0 Å². The fourth-order valence-corrected chi connectivity index (χ4v) is 0.569. The third kappa shape index (κ3) is 3.69. The number of rotatable bonds is 5. The lowest BCUT2D eigenvalue weighted by atomic mass is 10.2. The molecule has 4 nitrogen and oxygen atoms in total. The zero-order valence-electron chi connectivity index (χ0n) is 7.54.